The molecule has 1 aliphatic rings. The number of carboxylic acid groups (broad SMARTS) is 1. The van der Waals surface area contributed by atoms with Crippen LogP contribution in [0.25, 0.3) is 0 Å². The van der Waals surface area contributed by atoms with E-state index < -0.39 is 12.1 Å². The molecule has 0 bridgehead atoms. The molecule has 0 saturated carbocycles. The van der Waals surface area contributed by atoms with Crippen molar-refractivity contribution in [1.29, 1.82) is 0 Å². The molecule has 0 spiro atoms. The molecular formula is C8H14O3. The van der Waals surface area contributed by atoms with E-state index in [-0.39, 0.29) is 6.10 Å². The van der Waals surface area contributed by atoms with E-state index in [4.69, 9.17) is 9.84 Å². The van der Waals surface area contributed by atoms with Gasteiger partial charge in [0.2, 0.25) is 0 Å². The van der Waals surface area contributed by atoms with Crippen molar-refractivity contribution < 1.29 is 14.6 Å². The maximum atomic E-state index is 10.3. The first kappa shape index (κ1) is 8.53. The van der Waals surface area contributed by atoms with E-state index >= 15 is 0 Å². The van der Waals surface area contributed by atoms with Crippen LogP contribution >= 0.6 is 0 Å². The molecule has 3 heteroatoms. The monoisotopic (exact) mass is 158 g/mol. The molecule has 1 saturated heterocycles. The van der Waals surface area contributed by atoms with Crippen LogP contribution in [0.2, 0.25) is 0 Å². The second-order valence-electron chi connectivity index (χ2n) is 2.93. The van der Waals surface area contributed by atoms with Gasteiger partial charge in [-0.3, -0.25) is 0 Å². The average Bonchev–Trinajstić information content (AvgIpc) is 2.68. The standard InChI is InChI=1S/C8H14O3/c1-2-3-4-5-6-7(11-6)8(9)10/h6-7H,2-5H2,1H3,(H,9,10)/t6-,7+/m0/s1. The second-order valence-corrected chi connectivity index (χ2v) is 2.93. The Hall–Kier alpha value is -0.570. The third kappa shape index (κ3) is 2.50. The van der Waals surface area contributed by atoms with Crippen LogP contribution in [0.1, 0.15) is 32.6 Å². The van der Waals surface area contributed by atoms with E-state index in [1.54, 1.807) is 0 Å². The van der Waals surface area contributed by atoms with Gasteiger partial charge in [0.15, 0.2) is 6.10 Å². The SMILES string of the molecule is CCCCC[C@@H]1O[C@H]1C(=O)O. The van der Waals surface area contributed by atoms with Crippen molar-refractivity contribution in [1.82, 2.24) is 0 Å². The molecule has 1 aliphatic heterocycles. The Kier molecular flexibility index (Phi) is 2.88. The number of carbonyl (C=O) groups is 1. The summed E-state index contributed by atoms with van der Waals surface area (Å²) in [4.78, 5) is 10.3. The van der Waals surface area contributed by atoms with Gasteiger partial charge < -0.3 is 9.84 Å². The highest BCUT2D eigenvalue weighted by Crippen LogP contribution is 2.27. The Morgan fingerprint density at radius 2 is 2.27 bits per heavy atom. The number of aliphatic carboxylic acids is 1. The topological polar surface area (TPSA) is 49.8 Å². The number of unbranched alkanes of at least 4 members (excludes halogenated alkanes) is 2. The van der Waals surface area contributed by atoms with Crippen LogP contribution in [0.5, 0.6) is 0 Å². The van der Waals surface area contributed by atoms with Crippen LogP contribution in [0, 0.1) is 0 Å². The van der Waals surface area contributed by atoms with Crippen molar-refractivity contribution in [3.05, 3.63) is 0 Å². The van der Waals surface area contributed by atoms with Crippen molar-refractivity contribution in [2.45, 2.75) is 44.8 Å². The number of carboxylic acids is 1. The maximum absolute atomic E-state index is 10.3. The number of hydrogen-bond donors (Lipinski definition) is 1. The molecule has 1 heterocycles. The molecule has 0 amide bonds. The first-order chi connectivity index (χ1) is 5.25. The van der Waals surface area contributed by atoms with Crippen LogP contribution in [-0.2, 0) is 9.53 Å². The summed E-state index contributed by atoms with van der Waals surface area (Å²) in [5, 5.41) is 8.46. The van der Waals surface area contributed by atoms with Crippen molar-refractivity contribution in [3.8, 4) is 0 Å². The summed E-state index contributed by atoms with van der Waals surface area (Å²) in [5.41, 5.74) is 0. The van der Waals surface area contributed by atoms with Gasteiger partial charge in [0.05, 0.1) is 6.10 Å². The van der Waals surface area contributed by atoms with Crippen molar-refractivity contribution in [3.63, 3.8) is 0 Å². The van der Waals surface area contributed by atoms with E-state index in [1.807, 2.05) is 0 Å². The highest BCUT2D eigenvalue weighted by molar-refractivity contribution is 5.75. The predicted octanol–water partition coefficient (Wildman–Crippen LogP) is 1.42. The zero-order valence-corrected chi connectivity index (χ0v) is 6.75. The van der Waals surface area contributed by atoms with Crippen molar-refractivity contribution in [2.75, 3.05) is 0 Å². The van der Waals surface area contributed by atoms with Gasteiger partial charge in [-0.2, -0.15) is 0 Å². The lowest BCUT2D eigenvalue weighted by atomic mass is 10.1. The van der Waals surface area contributed by atoms with Crippen molar-refractivity contribution in [2.24, 2.45) is 0 Å². The van der Waals surface area contributed by atoms with Gasteiger partial charge in [-0.1, -0.05) is 26.2 Å². The first-order valence-corrected chi connectivity index (χ1v) is 4.14. The average molecular weight is 158 g/mol. The zero-order chi connectivity index (χ0) is 8.27. The van der Waals surface area contributed by atoms with E-state index in [0.29, 0.717) is 0 Å². The van der Waals surface area contributed by atoms with Crippen LogP contribution < -0.4 is 0 Å². The molecule has 2 atom stereocenters. The van der Waals surface area contributed by atoms with E-state index in [0.717, 1.165) is 12.8 Å². The molecular weight excluding hydrogens is 144 g/mol. The summed E-state index contributed by atoms with van der Waals surface area (Å²) < 4.78 is 4.93. The Morgan fingerprint density at radius 1 is 1.55 bits per heavy atom. The lowest BCUT2D eigenvalue weighted by Crippen LogP contribution is -2.07. The summed E-state index contributed by atoms with van der Waals surface area (Å²) in [7, 11) is 0. The molecule has 1 rings (SSSR count). The van der Waals surface area contributed by atoms with Gasteiger partial charge in [0.25, 0.3) is 0 Å². The summed E-state index contributed by atoms with van der Waals surface area (Å²) in [6, 6.07) is 0. The van der Waals surface area contributed by atoms with E-state index in [2.05, 4.69) is 6.92 Å². The Bertz CT molecular complexity index is 144. The smallest absolute Gasteiger partial charge is 0.335 e. The van der Waals surface area contributed by atoms with Crippen molar-refractivity contribution >= 4 is 5.97 Å². The minimum atomic E-state index is -0.813. The summed E-state index contributed by atoms with van der Waals surface area (Å²) in [5.74, 6) is -0.813. The summed E-state index contributed by atoms with van der Waals surface area (Å²) in [6.07, 6.45) is 3.86. The van der Waals surface area contributed by atoms with Gasteiger partial charge in [-0.15, -0.1) is 0 Å². The predicted molar refractivity (Wildman–Crippen MR) is 40.4 cm³/mol. The van der Waals surface area contributed by atoms with Crippen LogP contribution in [0.3, 0.4) is 0 Å². The number of ether oxygens (including phenoxy) is 1. The highest BCUT2D eigenvalue weighted by atomic mass is 16.6. The quantitative estimate of drug-likeness (QED) is 0.486. The van der Waals surface area contributed by atoms with Gasteiger partial charge >= 0.3 is 5.97 Å². The van der Waals surface area contributed by atoms with Gasteiger partial charge in [-0.05, 0) is 6.42 Å². The molecule has 0 radical (unpaired) electrons. The molecule has 0 aliphatic carbocycles. The van der Waals surface area contributed by atoms with E-state index in [9.17, 15) is 4.79 Å². The molecule has 1 N–H and O–H groups in total. The Labute approximate surface area is 66.4 Å². The van der Waals surface area contributed by atoms with Gasteiger partial charge in [-0.25, -0.2) is 4.79 Å². The summed E-state index contributed by atoms with van der Waals surface area (Å²) in [6.45, 7) is 2.13. The van der Waals surface area contributed by atoms with Gasteiger partial charge in [0.1, 0.15) is 0 Å². The third-order valence-electron chi connectivity index (χ3n) is 1.92. The molecule has 0 aromatic carbocycles. The van der Waals surface area contributed by atoms with Crippen LogP contribution in [0.4, 0.5) is 0 Å². The summed E-state index contributed by atoms with van der Waals surface area (Å²) >= 11 is 0. The minimum Gasteiger partial charge on any atom is -0.479 e. The van der Waals surface area contributed by atoms with Gasteiger partial charge in [0, 0.05) is 0 Å². The van der Waals surface area contributed by atoms with E-state index in [1.165, 1.54) is 12.8 Å². The first-order valence-electron chi connectivity index (χ1n) is 4.14. The number of epoxide rings is 1. The van der Waals surface area contributed by atoms with Crippen LogP contribution in [-0.4, -0.2) is 23.3 Å². The molecule has 64 valence electrons. The largest absolute Gasteiger partial charge is 0.479 e. The molecule has 0 unspecified atom stereocenters. The lowest BCUT2D eigenvalue weighted by molar-refractivity contribution is -0.138. The molecule has 0 aromatic rings. The third-order valence-corrected chi connectivity index (χ3v) is 1.92. The molecule has 0 aromatic heterocycles. The lowest BCUT2D eigenvalue weighted by Gasteiger charge is -1.92. The Balaban J connectivity index is 2.00. The minimum absolute atomic E-state index is 0.0130. The van der Waals surface area contributed by atoms with Crippen LogP contribution in [0.15, 0.2) is 0 Å². The molecule has 11 heavy (non-hydrogen) atoms. The number of hydrogen-bond acceptors (Lipinski definition) is 2. The highest BCUT2D eigenvalue weighted by Gasteiger charge is 2.44. The molecule has 1 fully saturated rings. The Morgan fingerprint density at radius 3 is 2.73 bits per heavy atom. The fourth-order valence-corrected chi connectivity index (χ4v) is 1.18. The second kappa shape index (κ2) is 3.72. The molecule has 3 nitrogen and oxygen atoms in total. The zero-order valence-electron chi connectivity index (χ0n) is 6.75. The fraction of sp³-hybridized carbons (Fsp3) is 0.875. The maximum Gasteiger partial charge on any atom is 0.335 e. The number of rotatable bonds is 5. The fourth-order valence-electron chi connectivity index (χ4n) is 1.18. The normalized spacial score (nSPS) is 28.5.